The third-order valence-electron chi connectivity index (χ3n) is 4.44. The van der Waals surface area contributed by atoms with Crippen LogP contribution in [-0.2, 0) is 15.1 Å². The maximum Gasteiger partial charge on any atom is 0.248 e. The molecule has 0 spiro atoms. The second-order valence-corrected chi connectivity index (χ2v) is 6.48. The first kappa shape index (κ1) is 17.8. The predicted octanol–water partition coefficient (Wildman–Crippen LogP) is 2.32. The van der Waals surface area contributed by atoms with Crippen LogP contribution in [-0.4, -0.2) is 48.3 Å². The molecule has 1 aromatic carbocycles. The van der Waals surface area contributed by atoms with Crippen molar-refractivity contribution in [2.75, 3.05) is 20.3 Å². The SMILES string of the molecule is COc1ccc([C@@](C)(O)[C@@H]2CCCN2C(=O)COC(C)C)cc1. The van der Waals surface area contributed by atoms with Crippen LogP contribution in [0.3, 0.4) is 0 Å². The molecule has 23 heavy (non-hydrogen) atoms. The molecule has 1 aliphatic heterocycles. The summed E-state index contributed by atoms with van der Waals surface area (Å²) >= 11 is 0. The maximum atomic E-state index is 12.4. The summed E-state index contributed by atoms with van der Waals surface area (Å²) in [4.78, 5) is 14.2. The molecular weight excluding hydrogens is 294 g/mol. The van der Waals surface area contributed by atoms with E-state index in [9.17, 15) is 9.90 Å². The molecule has 5 nitrogen and oxygen atoms in total. The molecule has 1 heterocycles. The zero-order valence-corrected chi connectivity index (χ0v) is 14.4. The average Bonchev–Trinajstić information content (AvgIpc) is 3.03. The normalized spacial score (nSPS) is 20.6. The van der Waals surface area contributed by atoms with Crippen LogP contribution in [0.4, 0.5) is 0 Å². The van der Waals surface area contributed by atoms with E-state index in [4.69, 9.17) is 9.47 Å². The van der Waals surface area contributed by atoms with Crippen molar-refractivity contribution >= 4 is 5.91 Å². The predicted molar refractivity (Wildman–Crippen MR) is 88.4 cm³/mol. The van der Waals surface area contributed by atoms with Gasteiger partial charge in [0.15, 0.2) is 0 Å². The first-order valence-corrected chi connectivity index (χ1v) is 8.14. The average molecular weight is 321 g/mol. The summed E-state index contributed by atoms with van der Waals surface area (Å²) in [7, 11) is 1.61. The first-order chi connectivity index (χ1) is 10.9. The summed E-state index contributed by atoms with van der Waals surface area (Å²) in [6.45, 7) is 6.31. The number of rotatable bonds is 6. The number of likely N-dealkylation sites (tertiary alicyclic amines) is 1. The Morgan fingerprint density at radius 2 is 2.04 bits per heavy atom. The van der Waals surface area contributed by atoms with Crippen LogP contribution in [0, 0.1) is 0 Å². The van der Waals surface area contributed by atoms with E-state index in [-0.39, 0.29) is 24.7 Å². The van der Waals surface area contributed by atoms with Crippen molar-refractivity contribution in [1.82, 2.24) is 4.90 Å². The standard InChI is InChI=1S/C18H27NO4/c1-13(2)23-12-17(20)19-11-5-6-16(19)18(3,21)14-7-9-15(22-4)10-8-14/h7-10,13,16,21H,5-6,11-12H2,1-4H3/t16-,18+/m0/s1. The van der Waals surface area contributed by atoms with Gasteiger partial charge in [-0.3, -0.25) is 4.79 Å². The number of carbonyl (C=O) groups is 1. The van der Waals surface area contributed by atoms with Gasteiger partial charge in [-0.25, -0.2) is 0 Å². The highest BCUT2D eigenvalue weighted by molar-refractivity contribution is 5.78. The van der Waals surface area contributed by atoms with E-state index in [0.29, 0.717) is 6.54 Å². The Morgan fingerprint density at radius 3 is 2.61 bits per heavy atom. The van der Waals surface area contributed by atoms with E-state index in [2.05, 4.69) is 0 Å². The van der Waals surface area contributed by atoms with E-state index >= 15 is 0 Å². The fraction of sp³-hybridized carbons (Fsp3) is 0.611. The lowest BCUT2D eigenvalue weighted by molar-refractivity contribution is -0.144. The Hall–Kier alpha value is -1.59. The fourth-order valence-corrected chi connectivity index (χ4v) is 3.09. The summed E-state index contributed by atoms with van der Waals surface area (Å²) in [5, 5.41) is 11.1. The minimum atomic E-state index is -1.10. The molecule has 1 amide bonds. The Kier molecular flexibility index (Phi) is 5.65. The van der Waals surface area contributed by atoms with Crippen molar-refractivity contribution in [3.05, 3.63) is 29.8 Å². The van der Waals surface area contributed by atoms with Crippen molar-refractivity contribution in [2.24, 2.45) is 0 Å². The third kappa shape index (κ3) is 4.03. The van der Waals surface area contributed by atoms with Gasteiger partial charge in [0, 0.05) is 6.54 Å². The van der Waals surface area contributed by atoms with E-state index in [1.807, 2.05) is 38.1 Å². The maximum absolute atomic E-state index is 12.4. The van der Waals surface area contributed by atoms with Gasteiger partial charge in [0.25, 0.3) is 0 Å². The number of carbonyl (C=O) groups excluding carboxylic acids is 1. The number of nitrogens with zero attached hydrogens (tertiary/aromatic N) is 1. The minimum Gasteiger partial charge on any atom is -0.497 e. The molecule has 128 valence electrons. The van der Waals surface area contributed by atoms with Crippen LogP contribution in [0.5, 0.6) is 5.75 Å². The number of ether oxygens (including phenoxy) is 2. The zero-order chi connectivity index (χ0) is 17.0. The highest BCUT2D eigenvalue weighted by atomic mass is 16.5. The summed E-state index contributed by atoms with van der Waals surface area (Å²) in [6.07, 6.45) is 1.69. The molecule has 0 bridgehead atoms. The van der Waals surface area contributed by atoms with Gasteiger partial charge in [-0.2, -0.15) is 0 Å². The van der Waals surface area contributed by atoms with Gasteiger partial charge in [0.2, 0.25) is 5.91 Å². The molecule has 0 unspecified atom stereocenters. The molecule has 1 fully saturated rings. The summed E-state index contributed by atoms with van der Waals surface area (Å²) in [5.41, 5.74) is -0.316. The molecule has 0 aliphatic carbocycles. The fourth-order valence-electron chi connectivity index (χ4n) is 3.09. The van der Waals surface area contributed by atoms with Gasteiger partial charge in [-0.15, -0.1) is 0 Å². The molecule has 5 heteroatoms. The molecule has 1 N–H and O–H groups in total. The molecule has 2 atom stereocenters. The first-order valence-electron chi connectivity index (χ1n) is 8.14. The molecule has 0 saturated carbocycles. The van der Waals surface area contributed by atoms with Gasteiger partial charge in [0.05, 0.1) is 19.3 Å². The van der Waals surface area contributed by atoms with Crippen LogP contribution in [0.15, 0.2) is 24.3 Å². The highest BCUT2D eigenvalue weighted by Crippen LogP contribution is 2.35. The van der Waals surface area contributed by atoms with Crippen LogP contribution in [0.2, 0.25) is 0 Å². The van der Waals surface area contributed by atoms with Crippen LogP contribution >= 0.6 is 0 Å². The van der Waals surface area contributed by atoms with Gasteiger partial charge in [-0.1, -0.05) is 12.1 Å². The Labute approximate surface area is 138 Å². The van der Waals surface area contributed by atoms with E-state index < -0.39 is 5.60 Å². The second kappa shape index (κ2) is 7.32. The Balaban J connectivity index is 2.14. The van der Waals surface area contributed by atoms with Crippen molar-refractivity contribution in [1.29, 1.82) is 0 Å². The highest BCUT2D eigenvalue weighted by Gasteiger charge is 2.42. The molecule has 1 aromatic rings. The van der Waals surface area contributed by atoms with Gasteiger partial charge >= 0.3 is 0 Å². The van der Waals surface area contributed by atoms with Crippen molar-refractivity contribution < 1.29 is 19.4 Å². The number of benzene rings is 1. The molecule has 1 saturated heterocycles. The van der Waals surface area contributed by atoms with Gasteiger partial charge in [0.1, 0.15) is 18.0 Å². The number of hydrogen-bond acceptors (Lipinski definition) is 4. The number of methoxy groups -OCH3 is 1. The summed E-state index contributed by atoms with van der Waals surface area (Å²) in [5.74, 6) is 0.684. The number of hydrogen-bond donors (Lipinski definition) is 1. The van der Waals surface area contributed by atoms with Crippen molar-refractivity contribution in [3.8, 4) is 5.75 Å². The van der Waals surface area contributed by atoms with Gasteiger partial charge in [-0.05, 0) is 51.3 Å². The van der Waals surface area contributed by atoms with E-state index in [0.717, 1.165) is 24.2 Å². The molecular formula is C18H27NO4. The smallest absolute Gasteiger partial charge is 0.248 e. The Morgan fingerprint density at radius 1 is 1.39 bits per heavy atom. The molecule has 0 aromatic heterocycles. The van der Waals surface area contributed by atoms with Crippen molar-refractivity contribution in [3.63, 3.8) is 0 Å². The van der Waals surface area contributed by atoms with Crippen LogP contribution < -0.4 is 4.74 Å². The molecule has 1 aliphatic rings. The van der Waals surface area contributed by atoms with Crippen LogP contribution in [0.25, 0.3) is 0 Å². The van der Waals surface area contributed by atoms with E-state index in [1.165, 1.54) is 0 Å². The summed E-state index contributed by atoms with van der Waals surface area (Å²) in [6, 6.07) is 7.12. The topological polar surface area (TPSA) is 59.0 Å². The van der Waals surface area contributed by atoms with Crippen molar-refractivity contribution in [2.45, 2.75) is 51.4 Å². The quantitative estimate of drug-likeness (QED) is 0.873. The third-order valence-corrected chi connectivity index (χ3v) is 4.44. The number of aliphatic hydroxyl groups is 1. The minimum absolute atomic E-state index is 0.0158. The monoisotopic (exact) mass is 321 g/mol. The number of amides is 1. The lowest BCUT2D eigenvalue weighted by atomic mass is 9.86. The lowest BCUT2D eigenvalue weighted by Gasteiger charge is -2.37. The van der Waals surface area contributed by atoms with E-state index in [1.54, 1.807) is 18.9 Å². The summed E-state index contributed by atoms with van der Waals surface area (Å²) < 4.78 is 10.6. The second-order valence-electron chi connectivity index (χ2n) is 6.48. The molecule has 0 radical (unpaired) electrons. The zero-order valence-electron chi connectivity index (χ0n) is 14.4. The van der Waals surface area contributed by atoms with Gasteiger partial charge < -0.3 is 19.5 Å². The largest absolute Gasteiger partial charge is 0.497 e. The Bertz CT molecular complexity index is 524. The molecule has 2 rings (SSSR count). The van der Waals surface area contributed by atoms with Crippen LogP contribution in [0.1, 0.15) is 39.2 Å². The lowest BCUT2D eigenvalue weighted by Crippen LogP contribution is -2.49.